The highest BCUT2D eigenvalue weighted by Gasteiger charge is 2.47. The Morgan fingerprint density at radius 3 is 2.29 bits per heavy atom. The lowest BCUT2D eigenvalue weighted by Crippen LogP contribution is -2.54. The van der Waals surface area contributed by atoms with E-state index in [9.17, 15) is 13.2 Å². The second kappa shape index (κ2) is 7.33. The zero-order valence-corrected chi connectivity index (χ0v) is 17.0. The highest BCUT2D eigenvalue weighted by molar-refractivity contribution is 7.89. The van der Waals surface area contributed by atoms with E-state index in [1.165, 1.54) is 5.56 Å². The van der Waals surface area contributed by atoms with Crippen molar-refractivity contribution in [1.29, 1.82) is 0 Å². The zero-order chi connectivity index (χ0) is 19.8. The molecule has 4 rings (SSSR count). The van der Waals surface area contributed by atoms with E-state index in [1.807, 2.05) is 53.4 Å². The normalized spacial score (nSPS) is 19.4. The third-order valence-corrected chi connectivity index (χ3v) is 8.08. The van der Waals surface area contributed by atoms with Gasteiger partial charge in [-0.05, 0) is 43.4 Å². The Hall–Kier alpha value is -2.18. The van der Waals surface area contributed by atoms with Crippen LogP contribution in [0.1, 0.15) is 30.9 Å². The van der Waals surface area contributed by atoms with E-state index in [4.69, 9.17) is 0 Å². The molecule has 5 nitrogen and oxygen atoms in total. The topological polar surface area (TPSA) is 57.7 Å². The number of amides is 1. The summed E-state index contributed by atoms with van der Waals surface area (Å²) in [7, 11) is -3.24. The fourth-order valence-corrected chi connectivity index (χ4v) is 5.62. The highest BCUT2D eigenvalue weighted by Crippen LogP contribution is 2.41. The third kappa shape index (κ3) is 3.14. The molecule has 2 heterocycles. The molecule has 0 unspecified atom stereocenters. The Labute approximate surface area is 167 Å². The van der Waals surface area contributed by atoms with Crippen molar-refractivity contribution in [2.24, 2.45) is 0 Å². The Balaban J connectivity index is 1.69. The summed E-state index contributed by atoms with van der Waals surface area (Å²) in [5.41, 5.74) is 2.49. The Bertz CT molecular complexity index is 964. The van der Waals surface area contributed by atoms with Gasteiger partial charge in [-0.3, -0.25) is 4.79 Å². The molecule has 148 valence electrons. The number of carbonyl (C=O) groups excluding carboxylic acids is 1. The van der Waals surface area contributed by atoms with Crippen molar-refractivity contribution in [3.63, 3.8) is 0 Å². The quantitative estimate of drug-likeness (QED) is 0.796. The predicted octanol–water partition coefficient (Wildman–Crippen LogP) is 2.96. The molecular weight excluding hydrogens is 372 g/mol. The Kier molecular flexibility index (Phi) is 5.02. The number of para-hydroxylation sites is 1. The number of hydrogen-bond acceptors (Lipinski definition) is 3. The molecule has 0 bridgehead atoms. The van der Waals surface area contributed by atoms with Crippen LogP contribution in [0, 0.1) is 0 Å². The monoisotopic (exact) mass is 398 g/mol. The number of rotatable bonds is 4. The van der Waals surface area contributed by atoms with Gasteiger partial charge in [0.15, 0.2) is 0 Å². The van der Waals surface area contributed by atoms with E-state index >= 15 is 0 Å². The maximum absolute atomic E-state index is 13.9. The molecule has 0 saturated carbocycles. The van der Waals surface area contributed by atoms with Crippen LogP contribution in [0.2, 0.25) is 0 Å². The van der Waals surface area contributed by atoms with Crippen LogP contribution in [0.4, 0.5) is 5.69 Å². The average molecular weight is 399 g/mol. The zero-order valence-electron chi connectivity index (χ0n) is 16.2. The molecule has 1 amide bonds. The first-order chi connectivity index (χ1) is 13.5. The van der Waals surface area contributed by atoms with E-state index < -0.39 is 15.4 Å². The number of carbonyl (C=O) groups is 1. The van der Waals surface area contributed by atoms with Crippen LogP contribution in [-0.2, 0) is 26.7 Å². The smallest absolute Gasteiger partial charge is 0.237 e. The van der Waals surface area contributed by atoms with Gasteiger partial charge in [-0.1, -0.05) is 48.5 Å². The van der Waals surface area contributed by atoms with Crippen molar-refractivity contribution in [1.82, 2.24) is 4.31 Å². The van der Waals surface area contributed by atoms with Gasteiger partial charge in [0, 0.05) is 25.3 Å². The summed E-state index contributed by atoms with van der Waals surface area (Å²) < 4.78 is 26.2. The summed E-state index contributed by atoms with van der Waals surface area (Å²) >= 11 is 0. The second-order valence-corrected chi connectivity index (χ2v) is 9.84. The average Bonchev–Trinajstić information content (AvgIpc) is 3.18. The van der Waals surface area contributed by atoms with Gasteiger partial charge in [0.05, 0.1) is 11.2 Å². The van der Waals surface area contributed by atoms with Crippen LogP contribution >= 0.6 is 0 Å². The number of benzene rings is 2. The van der Waals surface area contributed by atoms with E-state index in [2.05, 4.69) is 6.07 Å². The molecule has 0 aromatic heterocycles. The van der Waals surface area contributed by atoms with Gasteiger partial charge in [0.25, 0.3) is 0 Å². The van der Waals surface area contributed by atoms with Crippen LogP contribution in [0.25, 0.3) is 0 Å². The van der Waals surface area contributed by atoms with Gasteiger partial charge in [0.1, 0.15) is 0 Å². The fourth-order valence-electron chi connectivity index (χ4n) is 4.52. The highest BCUT2D eigenvalue weighted by atomic mass is 32.2. The van der Waals surface area contributed by atoms with Crippen LogP contribution in [-0.4, -0.2) is 44.0 Å². The van der Waals surface area contributed by atoms with Crippen LogP contribution in [0.5, 0.6) is 0 Å². The molecule has 0 spiro atoms. The first kappa shape index (κ1) is 19.2. The van der Waals surface area contributed by atoms with Gasteiger partial charge in [-0.15, -0.1) is 0 Å². The first-order valence-electron chi connectivity index (χ1n) is 9.91. The van der Waals surface area contributed by atoms with E-state index in [0.29, 0.717) is 32.5 Å². The molecule has 0 radical (unpaired) electrons. The van der Waals surface area contributed by atoms with Crippen molar-refractivity contribution >= 4 is 21.6 Å². The Morgan fingerprint density at radius 2 is 1.61 bits per heavy atom. The summed E-state index contributed by atoms with van der Waals surface area (Å²) in [5, 5.41) is 0. The SMILES string of the molecule is CCS(=O)(=O)N1CCC(C(=O)N2CCc3ccccc32)(c2ccccc2)CC1. The second-order valence-electron chi connectivity index (χ2n) is 7.58. The molecule has 2 aliphatic heterocycles. The van der Waals surface area contributed by atoms with Gasteiger partial charge in [-0.25, -0.2) is 12.7 Å². The van der Waals surface area contributed by atoms with E-state index in [-0.39, 0.29) is 11.7 Å². The van der Waals surface area contributed by atoms with Gasteiger partial charge < -0.3 is 4.90 Å². The number of fused-ring (bicyclic) bond motifs is 1. The lowest BCUT2D eigenvalue weighted by molar-refractivity contribution is -0.125. The molecule has 0 atom stereocenters. The predicted molar refractivity (Wildman–Crippen MR) is 111 cm³/mol. The first-order valence-corrected chi connectivity index (χ1v) is 11.5. The molecule has 1 fully saturated rings. The molecule has 0 aliphatic carbocycles. The molecule has 6 heteroatoms. The minimum Gasteiger partial charge on any atom is -0.311 e. The lowest BCUT2D eigenvalue weighted by Gasteiger charge is -2.42. The molecule has 2 aromatic carbocycles. The van der Waals surface area contributed by atoms with Crippen LogP contribution in [0.15, 0.2) is 54.6 Å². The molecular formula is C22H26N2O3S. The van der Waals surface area contributed by atoms with Crippen molar-refractivity contribution in [3.05, 3.63) is 65.7 Å². The van der Waals surface area contributed by atoms with Gasteiger partial charge >= 0.3 is 0 Å². The summed E-state index contributed by atoms with van der Waals surface area (Å²) in [6.07, 6.45) is 1.88. The van der Waals surface area contributed by atoms with Crippen LogP contribution < -0.4 is 4.90 Å². The number of anilines is 1. The minimum atomic E-state index is -3.24. The number of piperidine rings is 1. The van der Waals surface area contributed by atoms with E-state index in [0.717, 1.165) is 17.7 Å². The number of hydrogen-bond donors (Lipinski definition) is 0. The summed E-state index contributed by atoms with van der Waals surface area (Å²) in [5.74, 6) is 0.191. The lowest BCUT2D eigenvalue weighted by atomic mass is 9.72. The summed E-state index contributed by atoms with van der Waals surface area (Å²) in [6, 6.07) is 17.9. The molecule has 1 saturated heterocycles. The Morgan fingerprint density at radius 1 is 0.964 bits per heavy atom. The third-order valence-electron chi connectivity index (χ3n) is 6.20. The maximum atomic E-state index is 13.9. The fraction of sp³-hybridized carbons (Fsp3) is 0.409. The molecule has 2 aromatic rings. The van der Waals surface area contributed by atoms with E-state index in [1.54, 1.807) is 11.2 Å². The molecule has 2 aliphatic rings. The van der Waals surface area contributed by atoms with Crippen molar-refractivity contribution in [2.45, 2.75) is 31.6 Å². The standard InChI is InChI=1S/C22H26N2O3S/c1-2-28(26,27)23-16-13-22(14-17-23,19-9-4-3-5-10-19)21(25)24-15-12-18-8-6-7-11-20(18)24/h3-11H,2,12-17H2,1H3. The van der Waals surface area contributed by atoms with Gasteiger partial charge in [0.2, 0.25) is 15.9 Å². The number of nitrogens with zero attached hydrogens (tertiary/aromatic N) is 2. The van der Waals surface area contributed by atoms with Crippen molar-refractivity contribution < 1.29 is 13.2 Å². The summed E-state index contributed by atoms with van der Waals surface area (Å²) in [6.45, 7) is 3.11. The molecule has 0 N–H and O–H groups in total. The maximum Gasteiger partial charge on any atom is 0.237 e. The summed E-state index contributed by atoms with van der Waals surface area (Å²) in [4.78, 5) is 15.8. The largest absolute Gasteiger partial charge is 0.311 e. The van der Waals surface area contributed by atoms with Crippen LogP contribution in [0.3, 0.4) is 0 Å². The van der Waals surface area contributed by atoms with Crippen molar-refractivity contribution in [3.8, 4) is 0 Å². The minimum absolute atomic E-state index is 0.0946. The van der Waals surface area contributed by atoms with Gasteiger partial charge in [-0.2, -0.15) is 0 Å². The number of sulfonamides is 1. The van der Waals surface area contributed by atoms with Crippen molar-refractivity contribution in [2.75, 3.05) is 30.3 Å². The molecule has 28 heavy (non-hydrogen) atoms.